The molecule has 0 radical (unpaired) electrons. The van der Waals surface area contributed by atoms with E-state index in [0.29, 0.717) is 18.1 Å². The van der Waals surface area contributed by atoms with Crippen molar-refractivity contribution in [1.29, 1.82) is 0 Å². The lowest BCUT2D eigenvalue weighted by Gasteiger charge is -2.38. The molecule has 0 aliphatic carbocycles. The van der Waals surface area contributed by atoms with Gasteiger partial charge in [-0.1, -0.05) is 36.4 Å². The third-order valence-electron chi connectivity index (χ3n) is 5.35. The van der Waals surface area contributed by atoms with Crippen LogP contribution < -0.4 is 0 Å². The van der Waals surface area contributed by atoms with Gasteiger partial charge in [0.25, 0.3) is 0 Å². The molecule has 4 aliphatic rings. The van der Waals surface area contributed by atoms with Crippen molar-refractivity contribution >= 4 is 0 Å². The highest BCUT2D eigenvalue weighted by Crippen LogP contribution is 2.58. The van der Waals surface area contributed by atoms with Crippen LogP contribution in [0.5, 0.6) is 0 Å². The van der Waals surface area contributed by atoms with E-state index in [9.17, 15) is 0 Å². The SMILES string of the molecule is C1=C[C@@]23O[C@@H]1C[C@@H]2CN1CCc2ccccc2[C@@H]13. The number of benzene rings is 1. The highest BCUT2D eigenvalue weighted by Gasteiger charge is 2.62. The van der Waals surface area contributed by atoms with Crippen molar-refractivity contribution in [2.75, 3.05) is 13.1 Å². The molecule has 4 heterocycles. The lowest BCUT2D eigenvalue weighted by molar-refractivity contribution is -0.0147. The summed E-state index contributed by atoms with van der Waals surface area (Å²) in [7, 11) is 0. The largest absolute Gasteiger partial charge is 0.361 e. The van der Waals surface area contributed by atoms with Crippen molar-refractivity contribution in [3.8, 4) is 0 Å². The van der Waals surface area contributed by atoms with Crippen LogP contribution >= 0.6 is 0 Å². The Hall–Kier alpha value is -1.12. The van der Waals surface area contributed by atoms with E-state index in [1.54, 1.807) is 0 Å². The second kappa shape index (κ2) is 3.06. The summed E-state index contributed by atoms with van der Waals surface area (Å²) in [5.74, 6) is 0.712. The van der Waals surface area contributed by atoms with Crippen LogP contribution in [0.25, 0.3) is 0 Å². The fourth-order valence-corrected chi connectivity index (χ4v) is 4.64. The van der Waals surface area contributed by atoms with Gasteiger partial charge in [0, 0.05) is 19.0 Å². The van der Waals surface area contributed by atoms with Crippen LogP contribution in [0, 0.1) is 5.92 Å². The summed E-state index contributed by atoms with van der Waals surface area (Å²) in [5, 5.41) is 0. The molecule has 4 aliphatic heterocycles. The molecule has 1 aromatic rings. The Bertz CT molecular complexity index is 552. The number of hydrogen-bond donors (Lipinski definition) is 0. The number of ether oxygens (including phenoxy) is 1. The van der Waals surface area contributed by atoms with Gasteiger partial charge in [-0.15, -0.1) is 0 Å². The molecule has 0 N–H and O–H groups in total. The van der Waals surface area contributed by atoms with Gasteiger partial charge in [0.05, 0.1) is 12.1 Å². The Morgan fingerprint density at radius 1 is 1.28 bits per heavy atom. The number of rotatable bonds is 0. The van der Waals surface area contributed by atoms with Gasteiger partial charge in [-0.05, 0) is 24.0 Å². The Balaban J connectivity index is 1.71. The van der Waals surface area contributed by atoms with E-state index in [1.807, 2.05) is 0 Å². The minimum atomic E-state index is 0.00118. The molecule has 2 heteroatoms. The third kappa shape index (κ3) is 0.987. The molecular weight excluding hydrogens is 222 g/mol. The molecule has 1 spiro atoms. The number of hydrogen-bond acceptors (Lipinski definition) is 2. The summed E-state index contributed by atoms with van der Waals surface area (Å²) in [6.07, 6.45) is 7.48. The molecule has 0 amide bonds. The summed E-state index contributed by atoms with van der Waals surface area (Å²) in [6.45, 7) is 2.42. The molecule has 5 rings (SSSR count). The van der Waals surface area contributed by atoms with Crippen LogP contribution in [0.3, 0.4) is 0 Å². The van der Waals surface area contributed by atoms with Crippen molar-refractivity contribution in [2.24, 2.45) is 5.92 Å². The Morgan fingerprint density at radius 3 is 3.17 bits per heavy atom. The second-order valence-electron chi connectivity index (χ2n) is 6.15. The second-order valence-corrected chi connectivity index (χ2v) is 6.15. The van der Waals surface area contributed by atoms with Crippen LogP contribution in [0.15, 0.2) is 36.4 Å². The quantitative estimate of drug-likeness (QED) is 0.644. The standard InChI is InChI=1S/C16H17NO/c1-2-4-14-11(3-1)6-8-17-10-12-9-13-5-7-16(12,18-13)15(14)17/h1-5,7,12-13,15H,6,8-10H2/t12-,13+,15-,16-/m1/s1. The topological polar surface area (TPSA) is 12.5 Å². The molecule has 18 heavy (non-hydrogen) atoms. The van der Waals surface area contributed by atoms with Crippen molar-refractivity contribution in [2.45, 2.75) is 30.6 Å². The Morgan fingerprint density at radius 2 is 2.22 bits per heavy atom. The average molecular weight is 239 g/mol. The monoisotopic (exact) mass is 239 g/mol. The van der Waals surface area contributed by atoms with Crippen LogP contribution in [0.4, 0.5) is 0 Å². The minimum absolute atomic E-state index is 0.00118. The maximum absolute atomic E-state index is 6.36. The molecule has 4 atom stereocenters. The minimum Gasteiger partial charge on any atom is -0.361 e. The highest BCUT2D eigenvalue weighted by molar-refractivity contribution is 5.41. The van der Waals surface area contributed by atoms with Gasteiger partial charge in [-0.25, -0.2) is 0 Å². The maximum Gasteiger partial charge on any atom is 0.111 e. The molecule has 0 unspecified atom stereocenters. The Labute approximate surface area is 107 Å². The molecule has 2 nitrogen and oxygen atoms in total. The van der Waals surface area contributed by atoms with E-state index < -0.39 is 0 Å². The van der Waals surface area contributed by atoms with Gasteiger partial charge in [0.1, 0.15) is 5.60 Å². The van der Waals surface area contributed by atoms with Gasteiger partial charge < -0.3 is 4.74 Å². The van der Waals surface area contributed by atoms with Gasteiger partial charge in [-0.2, -0.15) is 0 Å². The maximum atomic E-state index is 6.36. The van der Waals surface area contributed by atoms with E-state index in [4.69, 9.17) is 4.74 Å². The average Bonchev–Trinajstić information content (AvgIpc) is 3.04. The fourth-order valence-electron chi connectivity index (χ4n) is 4.64. The van der Waals surface area contributed by atoms with E-state index in [2.05, 4.69) is 41.3 Å². The summed E-state index contributed by atoms with van der Waals surface area (Å²) < 4.78 is 6.36. The van der Waals surface area contributed by atoms with Crippen molar-refractivity contribution < 1.29 is 4.74 Å². The highest BCUT2D eigenvalue weighted by atomic mass is 16.5. The number of nitrogens with zero attached hydrogens (tertiary/aromatic N) is 1. The summed E-state index contributed by atoms with van der Waals surface area (Å²) in [4.78, 5) is 2.65. The zero-order chi connectivity index (χ0) is 11.7. The zero-order valence-corrected chi connectivity index (χ0v) is 10.4. The fraction of sp³-hybridized carbons (Fsp3) is 0.500. The van der Waals surface area contributed by atoms with Crippen molar-refractivity contribution in [3.63, 3.8) is 0 Å². The van der Waals surface area contributed by atoms with Crippen LogP contribution in [0.2, 0.25) is 0 Å². The number of fused-ring (bicyclic) bond motifs is 4. The van der Waals surface area contributed by atoms with Gasteiger partial charge in [0.2, 0.25) is 0 Å². The van der Waals surface area contributed by atoms with Crippen LogP contribution in [0.1, 0.15) is 23.6 Å². The smallest absolute Gasteiger partial charge is 0.111 e. The molecule has 92 valence electrons. The van der Waals surface area contributed by atoms with Crippen LogP contribution in [-0.4, -0.2) is 29.7 Å². The molecule has 0 saturated carbocycles. The van der Waals surface area contributed by atoms with E-state index >= 15 is 0 Å². The first kappa shape index (κ1) is 9.76. The lowest BCUT2D eigenvalue weighted by Crippen LogP contribution is -2.40. The normalized spacial score (nSPS) is 43.9. The Kier molecular flexibility index (Phi) is 1.66. The molecule has 1 aromatic carbocycles. The first-order valence-electron chi connectivity index (χ1n) is 7.06. The third-order valence-corrected chi connectivity index (χ3v) is 5.35. The first-order valence-corrected chi connectivity index (χ1v) is 7.06. The van der Waals surface area contributed by atoms with Gasteiger partial charge in [0.15, 0.2) is 0 Å². The summed E-state index contributed by atoms with van der Waals surface area (Å²) >= 11 is 0. The molecular formula is C16H17NO. The van der Waals surface area contributed by atoms with Gasteiger partial charge >= 0.3 is 0 Å². The van der Waals surface area contributed by atoms with Crippen LogP contribution in [-0.2, 0) is 11.2 Å². The first-order chi connectivity index (χ1) is 8.87. The van der Waals surface area contributed by atoms with E-state index in [0.717, 1.165) is 0 Å². The summed E-state index contributed by atoms with van der Waals surface area (Å²) in [5.41, 5.74) is 3.04. The molecule has 0 aromatic heterocycles. The lowest BCUT2D eigenvalue weighted by atomic mass is 9.77. The predicted octanol–water partition coefficient (Wildman–Crippen LogP) is 2.31. The van der Waals surface area contributed by atoms with Crippen molar-refractivity contribution in [1.82, 2.24) is 4.90 Å². The molecule has 2 bridgehead atoms. The molecule has 2 saturated heterocycles. The van der Waals surface area contributed by atoms with E-state index in [-0.39, 0.29) is 5.60 Å². The molecule has 2 fully saturated rings. The zero-order valence-electron chi connectivity index (χ0n) is 10.4. The van der Waals surface area contributed by atoms with Crippen molar-refractivity contribution in [3.05, 3.63) is 47.5 Å². The van der Waals surface area contributed by atoms with Gasteiger partial charge in [-0.3, -0.25) is 4.90 Å². The predicted molar refractivity (Wildman–Crippen MR) is 69.3 cm³/mol. The summed E-state index contributed by atoms with van der Waals surface area (Å²) in [6, 6.07) is 9.42. The van der Waals surface area contributed by atoms with E-state index in [1.165, 1.54) is 37.1 Å².